The number of halogens is 1. The second-order valence-electron chi connectivity index (χ2n) is 14.3. The summed E-state index contributed by atoms with van der Waals surface area (Å²) in [5.41, 5.74) is 10.8. The summed E-state index contributed by atoms with van der Waals surface area (Å²) in [5, 5.41) is 0.343. The number of amides is 1. The quantitative estimate of drug-likeness (QED) is 0.231. The molecule has 10 heteroatoms. The van der Waals surface area contributed by atoms with Crippen LogP contribution in [-0.2, 0) is 36.2 Å². The molecule has 246 valence electrons. The van der Waals surface area contributed by atoms with Gasteiger partial charge < -0.3 is 28.7 Å². The number of benzene rings is 2. The minimum absolute atomic E-state index is 0.0576. The van der Waals surface area contributed by atoms with Gasteiger partial charge >= 0.3 is 5.97 Å². The number of hydrogen-bond acceptors (Lipinski definition) is 8. The molecule has 0 aromatic heterocycles. The molecule has 7 atom stereocenters. The second kappa shape index (κ2) is 12.3. The van der Waals surface area contributed by atoms with Gasteiger partial charge in [0.2, 0.25) is 0 Å². The smallest absolute Gasteiger partial charge is 0.323 e. The summed E-state index contributed by atoms with van der Waals surface area (Å²) in [6.07, 6.45) is 7.27. The number of nitrogens with zero attached hydrogens (tertiary/aromatic N) is 2. The number of fused-ring (bicyclic) bond motifs is 5. The minimum Gasteiger partial charge on any atom is -0.490 e. The Morgan fingerprint density at radius 3 is 2.76 bits per heavy atom. The molecule has 5 aliphatic rings. The molecule has 1 unspecified atom stereocenters. The summed E-state index contributed by atoms with van der Waals surface area (Å²) in [6.45, 7) is 7.66. The standard InChI is InChI=1S/C36H43ClN3O5S/c1-20(2)32(38)35(42)45-33-27-9-6-24(27)17-40-18-36(14-4-5-22-15-25(37)8-12-29(22)36)19-44-31-13-7-23(16-30(31)40)34(41)39-46(43)21(3)26-10-11-28(26)33/h7-8,11-13,15-16,20-21,24,26-27,32-33H,4-6,9-10,14,17-19,38H2,1-3H3/q-1/t21-,24+,26-,27-,32?,33-,36+/m1/s1. The van der Waals surface area contributed by atoms with E-state index in [2.05, 4.69) is 27.5 Å². The molecule has 8 nitrogen and oxygen atoms in total. The zero-order chi connectivity index (χ0) is 32.3. The van der Waals surface area contributed by atoms with E-state index in [9.17, 15) is 13.8 Å². The molecule has 1 fully saturated rings. The molecule has 2 aromatic carbocycles. The Kier molecular flexibility index (Phi) is 8.47. The fourth-order valence-corrected chi connectivity index (χ4v) is 9.35. The van der Waals surface area contributed by atoms with Gasteiger partial charge in [-0.15, -0.1) is 0 Å². The predicted molar refractivity (Wildman–Crippen MR) is 180 cm³/mol. The lowest BCUT2D eigenvalue weighted by atomic mass is 9.64. The van der Waals surface area contributed by atoms with Gasteiger partial charge in [0.25, 0.3) is 5.91 Å². The lowest BCUT2D eigenvalue weighted by Crippen LogP contribution is -2.52. The molecule has 46 heavy (non-hydrogen) atoms. The van der Waals surface area contributed by atoms with Gasteiger partial charge in [0.15, 0.2) is 0 Å². The van der Waals surface area contributed by atoms with Crippen molar-refractivity contribution < 1.29 is 23.3 Å². The monoisotopic (exact) mass is 664 g/mol. The molecule has 1 saturated carbocycles. The van der Waals surface area contributed by atoms with Gasteiger partial charge in [0, 0.05) is 35.0 Å². The maximum Gasteiger partial charge on any atom is 0.323 e. The summed E-state index contributed by atoms with van der Waals surface area (Å²) in [7, 11) is -1.76. The molecular weight excluding hydrogens is 622 g/mol. The van der Waals surface area contributed by atoms with E-state index in [1.165, 1.54) is 11.1 Å². The summed E-state index contributed by atoms with van der Waals surface area (Å²) >= 11 is 6.44. The SMILES string of the molecule is CC(C)C(N)C(=O)O[C@H]1C2=CC[C@@H]2[C@@H](C)[S-](=O)=NC(=O)c2ccc3c(c2)N(C[C@@H]2CC[C@H]21)C[C@@]1(CCCc2cc(Cl)ccc21)CO3. The van der Waals surface area contributed by atoms with E-state index in [0.29, 0.717) is 25.1 Å². The maximum absolute atomic E-state index is 13.5. The van der Waals surface area contributed by atoms with E-state index in [1.807, 2.05) is 39.0 Å². The Morgan fingerprint density at radius 2 is 2.04 bits per heavy atom. The van der Waals surface area contributed by atoms with Gasteiger partial charge in [0.05, 0.1) is 12.3 Å². The molecule has 2 aromatic rings. The number of esters is 1. The summed E-state index contributed by atoms with van der Waals surface area (Å²) in [6, 6.07) is 10.9. The summed E-state index contributed by atoms with van der Waals surface area (Å²) in [5.74, 6) is 0.00822. The van der Waals surface area contributed by atoms with Crippen molar-refractivity contribution >= 4 is 39.8 Å². The molecule has 2 aliphatic heterocycles. The number of anilines is 1. The first-order valence-electron chi connectivity index (χ1n) is 16.7. The van der Waals surface area contributed by atoms with E-state index >= 15 is 0 Å². The predicted octanol–water partition coefficient (Wildman–Crippen LogP) is 6.37. The maximum atomic E-state index is 13.5. The average molecular weight is 665 g/mol. The van der Waals surface area contributed by atoms with Crippen LogP contribution in [0.1, 0.15) is 74.4 Å². The van der Waals surface area contributed by atoms with Crippen LogP contribution in [0.4, 0.5) is 5.69 Å². The van der Waals surface area contributed by atoms with Gasteiger partial charge in [-0.3, -0.25) is 9.59 Å². The van der Waals surface area contributed by atoms with E-state index in [-0.39, 0.29) is 29.1 Å². The molecule has 0 saturated heterocycles. The molecule has 2 heterocycles. The summed E-state index contributed by atoms with van der Waals surface area (Å²) < 4.78 is 30.6. The van der Waals surface area contributed by atoms with Gasteiger partial charge in [-0.25, -0.2) is 0 Å². The van der Waals surface area contributed by atoms with Crippen LogP contribution in [0, 0.1) is 23.7 Å². The second-order valence-corrected chi connectivity index (χ2v) is 16.3. The molecule has 0 radical (unpaired) electrons. The number of carbonyl (C=O) groups is 2. The van der Waals surface area contributed by atoms with Crippen molar-refractivity contribution in [2.75, 3.05) is 24.6 Å². The fraction of sp³-hybridized carbons (Fsp3) is 0.556. The van der Waals surface area contributed by atoms with Gasteiger partial charge in [-0.1, -0.05) is 49.8 Å². The Bertz CT molecular complexity index is 1690. The average Bonchev–Trinajstić information content (AvgIpc) is 3.14. The number of hydrogen-bond donors (Lipinski definition) is 1. The molecule has 2 N–H and O–H groups in total. The normalized spacial score (nSPS) is 31.3. The van der Waals surface area contributed by atoms with Crippen LogP contribution >= 0.6 is 11.6 Å². The highest BCUT2D eigenvalue weighted by Crippen LogP contribution is 2.49. The van der Waals surface area contributed by atoms with Crippen LogP contribution in [0.3, 0.4) is 0 Å². The van der Waals surface area contributed by atoms with Crippen LogP contribution in [0.5, 0.6) is 5.75 Å². The van der Waals surface area contributed by atoms with Crippen molar-refractivity contribution in [3.8, 4) is 5.75 Å². The zero-order valence-corrected chi connectivity index (χ0v) is 28.3. The van der Waals surface area contributed by atoms with Crippen LogP contribution in [0.25, 0.3) is 0 Å². The third kappa shape index (κ3) is 5.56. The number of carbonyl (C=O) groups excluding carboxylic acids is 2. The first-order chi connectivity index (χ1) is 22.0. The Morgan fingerprint density at radius 1 is 1.22 bits per heavy atom. The molecule has 3 aliphatic carbocycles. The van der Waals surface area contributed by atoms with E-state index in [0.717, 1.165) is 60.7 Å². The Balaban J connectivity index is 1.31. The molecule has 1 amide bonds. The van der Waals surface area contributed by atoms with Crippen molar-refractivity contribution in [1.82, 2.24) is 0 Å². The van der Waals surface area contributed by atoms with Crippen LogP contribution in [0.15, 0.2) is 52.4 Å². The number of allylic oxidation sites excluding steroid dienone is 1. The Hall–Kier alpha value is -2.88. The molecule has 7 rings (SSSR count). The highest BCUT2D eigenvalue weighted by atomic mass is 35.5. The Labute approximate surface area is 278 Å². The number of nitrogens with two attached hydrogens (primary N) is 1. The highest BCUT2D eigenvalue weighted by Gasteiger charge is 2.48. The summed E-state index contributed by atoms with van der Waals surface area (Å²) in [4.78, 5) is 29.2. The van der Waals surface area contributed by atoms with Crippen LogP contribution in [0.2, 0.25) is 5.02 Å². The van der Waals surface area contributed by atoms with Gasteiger partial charge in [-0.05, 0) is 103 Å². The lowest BCUT2D eigenvalue weighted by Gasteiger charge is -2.49. The van der Waals surface area contributed by atoms with Crippen LogP contribution < -0.4 is 15.4 Å². The topological polar surface area (TPSA) is 111 Å². The van der Waals surface area contributed by atoms with E-state index in [1.54, 1.807) is 6.07 Å². The number of aryl methyl sites for hydroxylation is 1. The number of ether oxygens (including phenoxy) is 2. The fourth-order valence-electron chi connectivity index (χ4n) is 8.17. The van der Waals surface area contributed by atoms with Crippen molar-refractivity contribution in [3.05, 3.63) is 69.8 Å². The van der Waals surface area contributed by atoms with E-state index < -0.39 is 39.9 Å². The van der Waals surface area contributed by atoms with E-state index in [4.69, 9.17) is 26.8 Å². The third-order valence-corrected chi connectivity index (χ3v) is 12.8. The first-order valence-corrected chi connectivity index (χ1v) is 18.2. The van der Waals surface area contributed by atoms with Crippen molar-refractivity contribution in [2.24, 2.45) is 33.8 Å². The van der Waals surface area contributed by atoms with Crippen molar-refractivity contribution in [1.29, 1.82) is 0 Å². The highest BCUT2D eigenvalue weighted by molar-refractivity contribution is 7.75. The van der Waals surface area contributed by atoms with Gasteiger partial charge in [-0.2, -0.15) is 10.6 Å². The number of rotatable bonds is 3. The third-order valence-electron chi connectivity index (χ3n) is 11.3. The van der Waals surface area contributed by atoms with Gasteiger partial charge in [0.1, 0.15) is 17.9 Å². The largest absolute Gasteiger partial charge is 0.490 e. The lowest BCUT2D eigenvalue weighted by molar-refractivity contribution is -0.156. The molecule has 2 bridgehead atoms. The van der Waals surface area contributed by atoms with Crippen LogP contribution in [-0.4, -0.2) is 49.0 Å². The zero-order valence-electron chi connectivity index (χ0n) is 26.7. The minimum atomic E-state index is -1.76. The van der Waals surface area contributed by atoms with Crippen molar-refractivity contribution in [3.63, 3.8) is 0 Å². The molecule has 1 spiro atoms. The molecular formula is C36H43ClN3O5S-. The first kappa shape index (κ1) is 31.7. The van der Waals surface area contributed by atoms with Crippen molar-refractivity contribution in [2.45, 2.75) is 82.1 Å².